The molecule has 0 radical (unpaired) electrons. The van der Waals surface area contributed by atoms with E-state index in [0.717, 1.165) is 17.9 Å². The summed E-state index contributed by atoms with van der Waals surface area (Å²) in [5.74, 6) is 1.23. The van der Waals surface area contributed by atoms with Crippen LogP contribution < -0.4 is 11.1 Å². The minimum absolute atomic E-state index is 0.0278. The zero-order valence-corrected chi connectivity index (χ0v) is 12.6. The second kappa shape index (κ2) is 7.17. The fourth-order valence-electron chi connectivity index (χ4n) is 2.38. The standard InChI is InChI=1S/C15H23N5O/c1-11(2)9-12(10-16)15(21)17-7-6-14-19-18-13-5-3-4-8-20(13)14/h3-5,8,11-12H,6-7,9-10,16H2,1-2H3,(H,17,21). The van der Waals surface area contributed by atoms with Crippen LogP contribution in [-0.2, 0) is 11.2 Å². The van der Waals surface area contributed by atoms with Crippen molar-refractivity contribution in [1.29, 1.82) is 0 Å². The molecule has 114 valence electrons. The van der Waals surface area contributed by atoms with Crippen molar-refractivity contribution < 1.29 is 4.79 Å². The summed E-state index contributed by atoms with van der Waals surface area (Å²) in [4.78, 5) is 12.1. The van der Waals surface area contributed by atoms with Gasteiger partial charge in [-0.2, -0.15) is 0 Å². The summed E-state index contributed by atoms with van der Waals surface area (Å²) in [7, 11) is 0. The van der Waals surface area contributed by atoms with Gasteiger partial charge in [-0.25, -0.2) is 0 Å². The largest absolute Gasteiger partial charge is 0.355 e. The molecule has 0 aromatic carbocycles. The number of carbonyl (C=O) groups excluding carboxylic acids is 1. The van der Waals surface area contributed by atoms with E-state index in [1.165, 1.54) is 0 Å². The summed E-state index contributed by atoms with van der Waals surface area (Å²) in [6.45, 7) is 5.12. The summed E-state index contributed by atoms with van der Waals surface area (Å²) in [6, 6.07) is 5.76. The number of carbonyl (C=O) groups is 1. The summed E-state index contributed by atoms with van der Waals surface area (Å²) in [5, 5.41) is 11.2. The van der Waals surface area contributed by atoms with Gasteiger partial charge >= 0.3 is 0 Å². The molecule has 2 aromatic heterocycles. The van der Waals surface area contributed by atoms with Crippen LogP contribution in [0.5, 0.6) is 0 Å². The lowest BCUT2D eigenvalue weighted by Gasteiger charge is -2.16. The lowest BCUT2D eigenvalue weighted by molar-refractivity contribution is -0.125. The van der Waals surface area contributed by atoms with Gasteiger partial charge in [-0.05, 0) is 24.5 Å². The van der Waals surface area contributed by atoms with E-state index in [1.54, 1.807) is 0 Å². The summed E-state index contributed by atoms with van der Waals surface area (Å²) in [6.07, 6.45) is 3.39. The Kier molecular flexibility index (Phi) is 5.27. The van der Waals surface area contributed by atoms with Gasteiger partial charge in [-0.1, -0.05) is 19.9 Å². The van der Waals surface area contributed by atoms with Crippen molar-refractivity contribution in [3.8, 4) is 0 Å². The van der Waals surface area contributed by atoms with Gasteiger partial charge in [-0.15, -0.1) is 10.2 Å². The highest BCUT2D eigenvalue weighted by Crippen LogP contribution is 2.10. The summed E-state index contributed by atoms with van der Waals surface area (Å²) < 4.78 is 1.93. The SMILES string of the molecule is CC(C)CC(CN)C(=O)NCCc1nnc2ccccn12. The maximum atomic E-state index is 12.1. The molecule has 1 atom stereocenters. The molecule has 2 rings (SSSR count). The highest BCUT2D eigenvalue weighted by molar-refractivity contribution is 5.78. The zero-order chi connectivity index (χ0) is 15.2. The van der Waals surface area contributed by atoms with Crippen molar-refractivity contribution in [1.82, 2.24) is 19.9 Å². The number of nitrogens with one attached hydrogen (secondary N) is 1. The fourth-order valence-corrected chi connectivity index (χ4v) is 2.38. The van der Waals surface area contributed by atoms with Crippen LogP contribution >= 0.6 is 0 Å². The molecule has 2 heterocycles. The highest BCUT2D eigenvalue weighted by Gasteiger charge is 2.17. The molecule has 2 aromatic rings. The normalized spacial score (nSPS) is 12.8. The van der Waals surface area contributed by atoms with Gasteiger partial charge in [0.1, 0.15) is 5.82 Å². The molecule has 0 fully saturated rings. The second-order valence-corrected chi connectivity index (χ2v) is 5.65. The van der Waals surface area contributed by atoms with Crippen LogP contribution in [0.1, 0.15) is 26.1 Å². The number of nitrogens with two attached hydrogens (primary N) is 1. The van der Waals surface area contributed by atoms with Crippen molar-refractivity contribution in [3.05, 3.63) is 30.2 Å². The van der Waals surface area contributed by atoms with Gasteiger partial charge in [0.05, 0.1) is 5.92 Å². The number of aromatic nitrogens is 3. The minimum Gasteiger partial charge on any atom is -0.355 e. The van der Waals surface area contributed by atoms with E-state index in [9.17, 15) is 4.79 Å². The maximum Gasteiger partial charge on any atom is 0.224 e. The number of hydrogen-bond donors (Lipinski definition) is 2. The van der Waals surface area contributed by atoms with Crippen molar-refractivity contribution >= 4 is 11.6 Å². The highest BCUT2D eigenvalue weighted by atomic mass is 16.1. The number of hydrogen-bond acceptors (Lipinski definition) is 4. The molecule has 6 nitrogen and oxygen atoms in total. The molecule has 0 spiro atoms. The van der Waals surface area contributed by atoms with Gasteiger partial charge in [0.25, 0.3) is 0 Å². The molecule has 1 unspecified atom stereocenters. The van der Waals surface area contributed by atoms with Gasteiger partial charge in [-0.3, -0.25) is 9.20 Å². The van der Waals surface area contributed by atoms with Crippen molar-refractivity contribution in [3.63, 3.8) is 0 Å². The Hall–Kier alpha value is -1.95. The molecular weight excluding hydrogens is 266 g/mol. The monoisotopic (exact) mass is 289 g/mol. The second-order valence-electron chi connectivity index (χ2n) is 5.65. The van der Waals surface area contributed by atoms with E-state index in [2.05, 4.69) is 29.4 Å². The maximum absolute atomic E-state index is 12.1. The molecule has 6 heteroatoms. The van der Waals surface area contributed by atoms with Crippen LogP contribution in [0.3, 0.4) is 0 Å². The number of amides is 1. The number of nitrogens with zero attached hydrogens (tertiary/aromatic N) is 3. The van der Waals surface area contributed by atoms with Crippen molar-refractivity contribution in [2.45, 2.75) is 26.7 Å². The molecular formula is C15H23N5O. The first-order chi connectivity index (χ1) is 10.1. The quantitative estimate of drug-likeness (QED) is 0.796. The van der Waals surface area contributed by atoms with Crippen LogP contribution in [0.2, 0.25) is 0 Å². The first-order valence-electron chi connectivity index (χ1n) is 7.38. The molecule has 3 N–H and O–H groups in total. The van der Waals surface area contributed by atoms with E-state index >= 15 is 0 Å². The number of fused-ring (bicyclic) bond motifs is 1. The van der Waals surface area contributed by atoms with Crippen LogP contribution in [-0.4, -0.2) is 33.6 Å². The van der Waals surface area contributed by atoms with Gasteiger partial charge in [0.2, 0.25) is 5.91 Å². The van der Waals surface area contributed by atoms with Crippen molar-refractivity contribution in [2.75, 3.05) is 13.1 Å². The smallest absolute Gasteiger partial charge is 0.224 e. The molecule has 0 aliphatic rings. The zero-order valence-electron chi connectivity index (χ0n) is 12.6. The van der Waals surface area contributed by atoms with Gasteiger partial charge < -0.3 is 11.1 Å². The van der Waals surface area contributed by atoms with Crippen LogP contribution in [0.4, 0.5) is 0 Å². The molecule has 21 heavy (non-hydrogen) atoms. The van der Waals surface area contributed by atoms with Gasteiger partial charge in [0.15, 0.2) is 5.65 Å². The Morgan fingerprint density at radius 1 is 1.38 bits per heavy atom. The topological polar surface area (TPSA) is 85.3 Å². The third-order valence-corrected chi connectivity index (χ3v) is 3.44. The van der Waals surface area contributed by atoms with E-state index in [-0.39, 0.29) is 11.8 Å². The molecule has 0 bridgehead atoms. The first-order valence-corrected chi connectivity index (χ1v) is 7.38. The molecule has 0 saturated heterocycles. The van der Waals surface area contributed by atoms with Crippen LogP contribution in [0, 0.1) is 11.8 Å². The number of rotatable bonds is 7. The third kappa shape index (κ3) is 4.01. The molecule has 0 aliphatic heterocycles. The van der Waals surface area contributed by atoms with Crippen LogP contribution in [0.25, 0.3) is 5.65 Å². The Balaban J connectivity index is 1.87. The number of pyridine rings is 1. The van der Waals surface area contributed by atoms with E-state index < -0.39 is 0 Å². The Morgan fingerprint density at radius 3 is 2.90 bits per heavy atom. The minimum atomic E-state index is -0.111. The molecule has 0 aliphatic carbocycles. The fraction of sp³-hybridized carbons (Fsp3) is 0.533. The van der Waals surface area contributed by atoms with E-state index in [0.29, 0.717) is 25.4 Å². The Labute approximate surface area is 124 Å². The lowest BCUT2D eigenvalue weighted by Crippen LogP contribution is -2.37. The van der Waals surface area contributed by atoms with Gasteiger partial charge in [0, 0.05) is 25.7 Å². The first kappa shape index (κ1) is 15.4. The Bertz CT molecular complexity index is 593. The third-order valence-electron chi connectivity index (χ3n) is 3.44. The summed E-state index contributed by atoms with van der Waals surface area (Å²) >= 11 is 0. The average molecular weight is 289 g/mol. The lowest BCUT2D eigenvalue weighted by atomic mass is 9.96. The summed E-state index contributed by atoms with van der Waals surface area (Å²) in [5.41, 5.74) is 6.49. The molecule has 0 saturated carbocycles. The van der Waals surface area contributed by atoms with E-state index in [1.807, 2.05) is 28.8 Å². The predicted octanol–water partition coefficient (Wildman–Crippen LogP) is 1.01. The van der Waals surface area contributed by atoms with Crippen LogP contribution in [0.15, 0.2) is 24.4 Å². The van der Waals surface area contributed by atoms with E-state index in [4.69, 9.17) is 5.73 Å². The average Bonchev–Trinajstić information content (AvgIpc) is 2.88. The predicted molar refractivity (Wildman–Crippen MR) is 81.7 cm³/mol. The Morgan fingerprint density at radius 2 is 2.19 bits per heavy atom. The molecule has 1 amide bonds. The van der Waals surface area contributed by atoms with Crippen molar-refractivity contribution in [2.24, 2.45) is 17.6 Å².